The first-order valence-electron chi connectivity index (χ1n) is 7.24. The van der Waals surface area contributed by atoms with Gasteiger partial charge in [0.2, 0.25) is 0 Å². The minimum atomic E-state index is -0.506. The molecular weight excluding hydrogens is 286 g/mol. The van der Waals surface area contributed by atoms with Crippen molar-refractivity contribution in [3.8, 4) is 0 Å². The number of anilines is 1. The van der Waals surface area contributed by atoms with E-state index in [1.807, 2.05) is 25.7 Å². The molecule has 1 saturated heterocycles. The van der Waals surface area contributed by atoms with Gasteiger partial charge in [0.05, 0.1) is 0 Å². The summed E-state index contributed by atoms with van der Waals surface area (Å²) in [5.74, 6) is 0.189. The number of piperazine rings is 1. The molecule has 1 aliphatic heterocycles. The number of rotatable bonds is 2. The van der Waals surface area contributed by atoms with Crippen LogP contribution in [0, 0.1) is 0 Å². The summed E-state index contributed by atoms with van der Waals surface area (Å²) >= 11 is 0. The number of hydrogen-bond donors (Lipinski definition) is 1. The minimum absolute atomic E-state index is 0.300. The van der Waals surface area contributed by atoms with E-state index in [1.54, 1.807) is 18.0 Å². The zero-order valence-corrected chi connectivity index (χ0v) is 13.5. The molecule has 0 aliphatic carbocycles. The molecular formula is C14H23N5O3. The molecule has 2 heterocycles. The minimum Gasteiger partial charge on any atom is -0.444 e. The van der Waals surface area contributed by atoms with E-state index >= 15 is 0 Å². The number of amides is 2. The highest BCUT2D eigenvalue weighted by Crippen LogP contribution is 2.17. The number of hydrogen-bond acceptors (Lipinski definition) is 5. The summed E-state index contributed by atoms with van der Waals surface area (Å²) < 4.78 is 6.83. The van der Waals surface area contributed by atoms with Crippen molar-refractivity contribution in [2.75, 3.05) is 31.1 Å². The highest BCUT2D eigenvalue weighted by molar-refractivity contribution is 5.91. The Morgan fingerprint density at radius 2 is 1.82 bits per heavy atom. The van der Waals surface area contributed by atoms with Crippen LogP contribution in [0.2, 0.25) is 0 Å². The van der Waals surface area contributed by atoms with Crippen LogP contribution in [0.3, 0.4) is 0 Å². The number of nitrogens with zero attached hydrogens (tertiary/aromatic N) is 4. The number of nitrogens with two attached hydrogens (primary N) is 1. The van der Waals surface area contributed by atoms with Crippen LogP contribution < -0.4 is 10.6 Å². The predicted octanol–water partition coefficient (Wildman–Crippen LogP) is 0.576. The monoisotopic (exact) mass is 309 g/mol. The fourth-order valence-electron chi connectivity index (χ4n) is 2.28. The van der Waals surface area contributed by atoms with Gasteiger partial charge < -0.3 is 20.3 Å². The van der Waals surface area contributed by atoms with Gasteiger partial charge in [-0.05, 0) is 20.8 Å². The van der Waals surface area contributed by atoms with Crippen LogP contribution in [-0.2, 0) is 11.8 Å². The number of primary amides is 1. The van der Waals surface area contributed by atoms with E-state index in [1.165, 1.54) is 4.68 Å². The molecule has 1 fully saturated rings. The topological polar surface area (TPSA) is 93.7 Å². The van der Waals surface area contributed by atoms with Crippen LogP contribution in [0.4, 0.5) is 10.6 Å². The summed E-state index contributed by atoms with van der Waals surface area (Å²) in [6.45, 7) is 7.92. The van der Waals surface area contributed by atoms with Gasteiger partial charge in [-0.2, -0.15) is 5.10 Å². The van der Waals surface area contributed by atoms with Gasteiger partial charge in [-0.3, -0.25) is 9.48 Å². The van der Waals surface area contributed by atoms with Crippen molar-refractivity contribution in [3.05, 3.63) is 11.8 Å². The molecule has 2 rings (SSSR count). The maximum atomic E-state index is 12.0. The molecule has 1 aromatic heterocycles. The summed E-state index contributed by atoms with van der Waals surface area (Å²) in [5, 5.41) is 4.29. The molecule has 0 radical (unpaired) electrons. The van der Waals surface area contributed by atoms with Gasteiger partial charge in [0.1, 0.15) is 11.3 Å². The Balaban J connectivity index is 1.96. The Morgan fingerprint density at radius 1 is 1.23 bits per heavy atom. The second-order valence-corrected chi connectivity index (χ2v) is 6.33. The van der Waals surface area contributed by atoms with Crippen molar-refractivity contribution >= 4 is 17.8 Å². The molecule has 122 valence electrons. The average molecular weight is 309 g/mol. The Hall–Kier alpha value is -2.25. The van der Waals surface area contributed by atoms with E-state index in [2.05, 4.69) is 5.10 Å². The zero-order chi connectivity index (χ0) is 16.5. The summed E-state index contributed by atoms with van der Waals surface area (Å²) in [5.41, 5.74) is 5.16. The van der Waals surface area contributed by atoms with Gasteiger partial charge in [0.15, 0.2) is 5.82 Å². The summed E-state index contributed by atoms with van der Waals surface area (Å²) in [6.07, 6.45) is -0.300. The molecule has 0 aromatic carbocycles. The maximum Gasteiger partial charge on any atom is 0.410 e. The summed E-state index contributed by atoms with van der Waals surface area (Å²) in [4.78, 5) is 27.0. The van der Waals surface area contributed by atoms with Gasteiger partial charge in [0, 0.05) is 39.3 Å². The highest BCUT2D eigenvalue weighted by Gasteiger charge is 2.27. The largest absolute Gasteiger partial charge is 0.444 e. The highest BCUT2D eigenvalue weighted by atomic mass is 16.6. The first-order valence-corrected chi connectivity index (χ1v) is 7.24. The van der Waals surface area contributed by atoms with E-state index in [-0.39, 0.29) is 6.09 Å². The number of aryl methyl sites for hydroxylation is 1. The first-order chi connectivity index (χ1) is 10.2. The smallest absolute Gasteiger partial charge is 0.410 e. The number of carbonyl (C=O) groups is 2. The Kier molecular flexibility index (Phi) is 4.30. The summed E-state index contributed by atoms with van der Waals surface area (Å²) in [6, 6.07) is 1.67. The van der Waals surface area contributed by atoms with E-state index < -0.39 is 11.5 Å². The van der Waals surface area contributed by atoms with E-state index in [0.29, 0.717) is 37.7 Å². The Labute approximate surface area is 129 Å². The van der Waals surface area contributed by atoms with E-state index in [0.717, 1.165) is 0 Å². The number of ether oxygens (including phenoxy) is 1. The molecule has 22 heavy (non-hydrogen) atoms. The molecule has 2 amide bonds. The SMILES string of the molecule is Cn1nc(N2CCN(C(=O)OC(C)(C)C)CC2)cc1C(N)=O. The van der Waals surface area contributed by atoms with Crippen molar-refractivity contribution in [1.82, 2.24) is 14.7 Å². The molecule has 1 aliphatic rings. The van der Waals surface area contributed by atoms with Crippen molar-refractivity contribution in [2.24, 2.45) is 12.8 Å². The third kappa shape index (κ3) is 3.69. The van der Waals surface area contributed by atoms with Crippen molar-refractivity contribution < 1.29 is 14.3 Å². The van der Waals surface area contributed by atoms with Crippen molar-refractivity contribution in [2.45, 2.75) is 26.4 Å². The third-order valence-electron chi connectivity index (χ3n) is 3.37. The van der Waals surface area contributed by atoms with Crippen molar-refractivity contribution in [1.29, 1.82) is 0 Å². The van der Waals surface area contributed by atoms with Crippen LogP contribution in [0.15, 0.2) is 6.07 Å². The van der Waals surface area contributed by atoms with Crippen LogP contribution in [0.1, 0.15) is 31.3 Å². The van der Waals surface area contributed by atoms with Gasteiger partial charge in [0.25, 0.3) is 5.91 Å². The molecule has 1 aromatic rings. The lowest BCUT2D eigenvalue weighted by atomic mass is 10.2. The molecule has 0 atom stereocenters. The fourth-order valence-corrected chi connectivity index (χ4v) is 2.28. The predicted molar refractivity (Wildman–Crippen MR) is 81.7 cm³/mol. The zero-order valence-electron chi connectivity index (χ0n) is 13.5. The van der Waals surface area contributed by atoms with Gasteiger partial charge in [-0.25, -0.2) is 4.79 Å². The fraction of sp³-hybridized carbons (Fsp3) is 0.643. The van der Waals surface area contributed by atoms with Gasteiger partial charge >= 0.3 is 6.09 Å². The lowest BCUT2D eigenvalue weighted by Gasteiger charge is -2.35. The first kappa shape index (κ1) is 16.1. The molecule has 0 spiro atoms. The maximum absolute atomic E-state index is 12.0. The molecule has 0 unspecified atom stereocenters. The normalized spacial score (nSPS) is 15.8. The van der Waals surface area contributed by atoms with Crippen LogP contribution in [0.5, 0.6) is 0 Å². The molecule has 8 nitrogen and oxygen atoms in total. The summed E-state index contributed by atoms with van der Waals surface area (Å²) in [7, 11) is 1.68. The van der Waals surface area contributed by atoms with Crippen LogP contribution >= 0.6 is 0 Å². The van der Waals surface area contributed by atoms with Crippen LogP contribution in [0.25, 0.3) is 0 Å². The third-order valence-corrected chi connectivity index (χ3v) is 3.37. The molecule has 8 heteroatoms. The molecule has 0 bridgehead atoms. The quantitative estimate of drug-likeness (QED) is 0.862. The Bertz CT molecular complexity index is 568. The lowest BCUT2D eigenvalue weighted by Crippen LogP contribution is -2.50. The number of carbonyl (C=O) groups excluding carboxylic acids is 2. The molecule has 0 saturated carbocycles. The Morgan fingerprint density at radius 3 is 2.27 bits per heavy atom. The van der Waals surface area contributed by atoms with Crippen molar-refractivity contribution in [3.63, 3.8) is 0 Å². The molecule has 2 N–H and O–H groups in total. The van der Waals surface area contributed by atoms with E-state index in [9.17, 15) is 9.59 Å². The lowest BCUT2D eigenvalue weighted by molar-refractivity contribution is 0.0240. The second kappa shape index (κ2) is 5.86. The van der Waals surface area contributed by atoms with Crippen LogP contribution in [-0.4, -0.2) is 58.5 Å². The van der Waals surface area contributed by atoms with E-state index in [4.69, 9.17) is 10.5 Å². The average Bonchev–Trinajstić information content (AvgIpc) is 2.79. The number of aromatic nitrogens is 2. The van der Waals surface area contributed by atoms with Gasteiger partial charge in [-0.1, -0.05) is 0 Å². The standard InChI is InChI=1S/C14H23N5O3/c1-14(2,3)22-13(21)19-7-5-18(6-8-19)11-9-10(12(15)20)17(4)16-11/h9H,5-8H2,1-4H3,(H2,15,20). The van der Waals surface area contributed by atoms with Gasteiger partial charge in [-0.15, -0.1) is 0 Å². The second-order valence-electron chi connectivity index (χ2n) is 6.33.